The second kappa shape index (κ2) is 7.41. The van der Waals surface area contributed by atoms with Gasteiger partial charge < -0.3 is 15.3 Å². The number of rotatable bonds is 5. The van der Waals surface area contributed by atoms with E-state index >= 15 is 0 Å². The largest absolute Gasteiger partial charge is 0.481 e. The number of hydrogen-bond donors (Lipinski definition) is 2. The van der Waals surface area contributed by atoms with Gasteiger partial charge >= 0.3 is 5.97 Å². The summed E-state index contributed by atoms with van der Waals surface area (Å²) in [6, 6.07) is 0.967. The van der Waals surface area contributed by atoms with Gasteiger partial charge in [-0.3, -0.25) is 4.79 Å². The fraction of sp³-hybridized carbons (Fsp3) is 0.938. The number of aliphatic carboxylic acids is 1. The fourth-order valence-electron chi connectivity index (χ4n) is 3.76. The lowest BCUT2D eigenvalue weighted by Gasteiger charge is -2.39. The van der Waals surface area contributed by atoms with Crippen LogP contribution < -0.4 is 5.32 Å². The first-order valence-corrected chi connectivity index (χ1v) is 8.25. The standard InChI is InChI=1S/C16H30N2O2/c1-12(2)9-18-10-13(16(19)20)8-15(11-18)17-14-6-4-3-5-7-14/h12-15,17H,3-11H2,1-2H3,(H,19,20). The third kappa shape index (κ3) is 4.74. The first-order valence-electron chi connectivity index (χ1n) is 8.25. The van der Waals surface area contributed by atoms with E-state index in [1.54, 1.807) is 0 Å². The van der Waals surface area contributed by atoms with E-state index in [0.29, 0.717) is 18.0 Å². The Morgan fingerprint density at radius 3 is 2.50 bits per heavy atom. The summed E-state index contributed by atoms with van der Waals surface area (Å²) < 4.78 is 0. The van der Waals surface area contributed by atoms with Gasteiger partial charge in [0.15, 0.2) is 0 Å². The smallest absolute Gasteiger partial charge is 0.307 e. The van der Waals surface area contributed by atoms with Crippen LogP contribution in [0.5, 0.6) is 0 Å². The molecule has 2 rings (SSSR count). The van der Waals surface area contributed by atoms with Crippen LogP contribution in [0.25, 0.3) is 0 Å². The predicted molar refractivity (Wildman–Crippen MR) is 80.8 cm³/mol. The quantitative estimate of drug-likeness (QED) is 0.812. The number of likely N-dealkylation sites (tertiary alicyclic amines) is 1. The minimum absolute atomic E-state index is 0.205. The fourth-order valence-corrected chi connectivity index (χ4v) is 3.76. The Morgan fingerprint density at radius 1 is 1.20 bits per heavy atom. The third-order valence-corrected chi connectivity index (χ3v) is 4.58. The number of nitrogens with zero attached hydrogens (tertiary/aromatic N) is 1. The first kappa shape index (κ1) is 15.8. The van der Waals surface area contributed by atoms with E-state index in [4.69, 9.17) is 0 Å². The molecule has 0 aromatic heterocycles. The molecule has 0 aromatic carbocycles. The summed E-state index contributed by atoms with van der Waals surface area (Å²) in [5, 5.41) is 13.1. The molecule has 0 spiro atoms. The highest BCUT2D eigenvalue weighted by Gasteiger charge is 2.32. The van der Waals surface area contributed by atoms with E-state index < -0.39 is 5.97 Å². The van der Waals surface area contributed by atoms with Crippen molar-refractivity contribution in [2.45, 2.75) is 64.5 Å². The molecule has 1 saturated heterocycles. The first-order chi connectivity index (χ1) is 9.54. The van der Waals surface area contributed by atoms with Gasteiger partial charge in [-0.1, -0.05) is 33.1 Å². The van der Waals surface area contributed by atoms with Gasteiger partial charge in [0.25, 0.3) is 0 Å². The van der Waals surface area contributed by atoms with Crippen LogP contribution in [0.15, 0.2) is 0 Å². The second-order valence-corrected chi connectivity index (χ2v) is 7.08. The summed E-state index contributed by atoms with van der Waals surface area (Å²) in [6.45, 7) is 7.14. The molecule has 0 bridgehead atoms. The van der Waals surface area contributed by atoms with Gasteiger partial charge in [0.2, 0.25) is 0 Å². The molecule has 2 aliphatic rings. The van der Waals surface area contributed by atoms with Crippen LogP contribution in [0, 0.1) is 11.8 Å². The number of carbonyl (C=O) groups is 1. The summed E-state index contributed by atoms with van der Waals surface area (Å²) in [4.78, 5) is 13.7. The Hall–Kier alpha value is -0.610. The van der Waals surface area contributed by atoms with Crippen molar-refractivity contribution in [2.24, 2.45) is 11.8 Å². The summed E-state index contributed by atoms with van der Waals surface area (Å²) in [5.74, 6) is -0.240. The second-order valence-electron chi connectivity index (χ2n) is 7.08. The van der Waals surface area contributed by atoms with Crippen molar-refractivity contribution < 1.29 is 9.90 Å². The molecular formula is C16H30N2O2. The number of carboxylic acid groups (broad SMARTS) is 1. The van der Waals surface area contributed by atoms with Gasteiger partial charge in [0.05, 0.1) is 5.92 Å². The Bertz CT molecular complexity index is 314. The van der Waals surface area contributed by atoms with E-state index in [1.807, 2.05) is 0 Å². The molecule has 1 aliphatic heterocycles. The zero-order valence-corrected chi connectivity index (χ0v) is 13.0. The lowest BCUT2D eigenvalue weighted by atomic mass is 9.90. The van der Waals surface area contributed by atoms with E-state index in [0.717, 1.165) is 26.1 Å². The van der Waals surface area contributed by atoms with E-state index in [2.05, 4.69) is 24.1 Å². The molecule has 20 heavy (non-hydrogen) atoms. The summed E-state index contributed by atoms with van der Waals surface area (Å²) >= 11 is 0. The minimum Gasteiger partial charge on any atom is -0.481 e. The summed E-state index contributed by atoms with van der Waals surface area (Å²) in [7, 11) is 0. The van der Waals surface area contributed by atoms with Crippen LogP contribution in [-0.2, 0) is 4.79 Å². The highest BCUT2D eigenvalue weighted by molar-refractivity contribution is 5.70. The zero-order valence-electron chi connectivity index (χ0n) is 13.0. The maximum absolute atomic E-state index is 11.4. The molecule has 4 heteroatoms. The van der Waals surface area contributed by atoms with Crippen LogP contribution in [0.1, 0.15) is 52.4 Å². The molecule has 116 valence electrons. The number of hydrogen-bond acceptors (Lipinski definition) is 3. The molecule has 2 atom stereocenters. The van der Waals surface area contributed by atoms with Crippen LogP contribution >= 0.6 is 0 Å². The van der Waals surface area contributed by atoms with Crippen LogP contribution in [0.2, 0.25) is 0 Å². The topological polar surface area (TPSA) is 52.6 Å². The van der Waals surface area contributed by atoms with Gasteiger partial charge in [-0.2, -0.15) is 0 Å². The van der Waals surface area contributed by atoms with Crippen LogP contribution in [0.3, 0.4) is 0 Å². The Labute approximate surface area is 122 Å². The zero-order chi connectivity index (χ0) is 14.5. The minimum atomic E-state index is -0.631. The molecule has 1 saturated carbocycles. The summed E-state index contributed by atoms with van der Waals surface area (Å²) in [6.07, 6.45) is 7.32. The highest BCUT2D eigenvalue weighted by atomic mass is 16.4. The molecule has 4 nitrogen and oxygen atoms in total. The van der Waals surface area contributed by atoms with Gasteiger partial charge in [0, 0.05) is 31.7 Å². The molecular weight excluding hydrogens is 252 g/mol. The average molecular weight is 282 g/mol. The van der Waals surface area contributed by atoms with Crippen molar-refractivity contribution in [1.82, 2.24) is 10.2 Å². The Kier molecular flexibility index (Phi) is 5.85. The van der Waals surface area contributed by atoms with E-state index in [-0.39, 0.29) is 5.92 Å². The van der Waals surface area contributed by atoms with Crippen molar-refractivity contribution in [3.05, 3.63) is 0 Å². The molecule has 1 heterocycles. The predicted octanol–water partition coefficient (Wildman–Crippen LogP) is 2.34. The van der Waals surface area contributed by atoms with Crippen LogP contribution in [-0.4, -0.2) is 47.7 Å². The van der Waals surface area contributed by atoms with Crippen molar-refractivity contribution in [1.29, 1.82) is 0 Å². The number of piperidine rings is 1. The SMILES string of the molecule is CC(C)CN1CC(NC2CCCCC2)CC(C(=O)O)C1. The maximum Gasteiger partial charge on any atom is 0.307 e. The monoisotopic (exact) mass is 282 g/mol. The molecule has 1 aliphatic carbocycles. The number of nitrogens with one attached hydrogen (secondary N) is 1. The highest BCUT2D eigenvalue weighted by Crippen LogP contribution is 2.22. The molecule has 2 fully saturated rings. The van der Waals surface area contributed by atoms with E-state index in [1.165, 1.54) is 32.1 Å². The lowest BCUT2D eigenvalue weighted by molar-refractivity contribution is -0.144. The van der Waals surface area contributed by atoms with Gasteiger partial charge in [-0.25, -0.2) is 0 Å². The van der Waals surface area contributed by atoms with Gasteiger partial charge in [-0.05, 0) is 25.2 Å². The van der Waals surface area contributed by atoms with Gasteiger partial charge in [0.1, 0.15) is 0 Å². The van der Waals surface area contributed by atoms with Gasteiger partial charge in [-0.15, -0.1) is 0 Å². The molecule has 2 N–H and O–H groups in total. The maximum atomic E-state index is 11.4. The number of carboxylic acids is 1. The lowest BCUT2D eigenvalue weighted by Crippen LogP contribution is -2.54. The van der Waals surface area contributed by atoms with Crippen molar-refractivity contribution >= 4 is 5.97 Å². The van der Waals surface area contributed by atoms with Crippen molar-refractivity contribution in [3.8, 4) is 0 Å². The van der Waals surface area contributed by atoms with Crippen LogP contribution in [0.4, 0.5) is 0 Å². The Morgan fingerprint density at radius 2 is 1.90 bits per heavy atom. The van der Waals surface area contributed by atoms with Crippen molar-refractivity contribution in [3.63, 3.8) is 0 Å². The molecule has 2 unspecified atom stereocenters. The Balaban J connectivity index is 1.90. The van der Waals surface area contributed by atoms with Crippen molar-refractivity contribution in [2.75, 3.05) is 19.6 Å². The average Bonchev–Trinajstić information content (AvgIpc) is 2.38. The summed E-state index contributed by atoms with van der Waals surface area (Å²) in [5.41, 5.74) is 0. The van der Waals surface area contributed by atoms with E-state index in [9.17, 15) is 9.90 Å². The molecule has 0 aromatic rings. The normalized spacial score (nSPS) is 29.8. The molecule has 0 radical (unpaired) electrons. The molecule has 0 amide bonds. The third-order valence-electron chi connectivity index (χ3n) is 4.58.